The fraction of sp³-hybridized carbons (Fsp3) is 0.357. The number of aliphatic hydroxyl groups excluding tert-OH is 1. The topological polar surface area (TPSA) is 36.4 Å². The Morgan fingerprint density at radius 3 is 2.53 bits per heavy atom. The Hall–Kier alpha value is -1.61. The van der Waals surface area contributed by atoms with Gasteiger partial charge in [0.1, 0.15) is 5.82 Å². The summed E-state index contributed by atoms with van der Waals surface area (Å²) in [6, 6.07) is 10.0. The van der Waals surface area contributed by atoms with Crippen molar-refractivity contribution in [2.45, 2.75) is 20.5 Å². The quantitative estimate of drug-likeness (QED) is 0.877. The Morgan fingerprint density at radius 1 is 1.18 bits per heavy atom. The second-order valence-electron chi connectivity index (χ2n) is 3.99. The van der Waals surface area contributed by atoms with E-state index in [0.29, 0.717) is 0 Å². The van der Waals surface area contributed by atoms with Gasteiger partial charge < -0.3 is 10.0 Å². The highest BCUT2D eigenvalue weighted by atomic mass is 16.3. The van der Waals surface area contributed by atoms with E-state index in [0.717, 1.165) is 35.4 Å². The first-order valence-electron chi connectivity index (χ1n) is 6.04. The molecular weight excluding hydrogens is 212 g/mol. The van der Waals surface area contributed by atoms with Crippen LogP contribution >= 0.6 is 0 Å². The normalized spacial score (nSPS) is 10.8. The predicted octanol–water partition coefficient (Wildman–Crippen LogP) is 2.57. The molecule has 2 aromatic rings. The van der Waals surface area contributed by atoms with Crippen LogP contribution in [0.25, 0.3) is 10.9 Å². The van der Waals surface area contributed by atoms with Gasteiger partial charge in [0.25, 0.3) is 0 Å². The minimum Gasteiger partial charge on any atom is -0.392 e. The van der Waals surface area contributed by atoms with Crippen LogP contribution in [0.1, 0.15) is 19.4 Å². The zero-order valence-corrected chi connectivity index (χ0v) is 10.3. The van der Waals surface area contributed by atoms with E-state index in [4.69, 9.17) is 0 Å². The number of hydrogen-bond acceptors (Lipinski definition) is 3. The highest BCUT2D eigenvalue weighted by Crippen LogP contribution is 2.23. The average molecular weight is 230 g/mol. The molecule has 0 atom stereocenters. The summed E-state index contributed by atoms with van der Waals surface area (Å²) < 4.78 is 0. The largest absolute Gasteiger partial charge is 0.392 e. The van der Waals surface area contributed by atoms with Gasteiger partial charge >= 0.3 is 0 Å². The maximum absolute atomic E-state index is 9.45. The smallest absolute Gasteiger partial charge is 0.134 e. The first-order valence-corrected chi connectivity index (χ1v) is 6.04. The molecule has 90 valence electrons. The van der Waals surface area contributed by atoms with Crippen molar-refractivity contribution in [3.63, 3.8) is 0 Å². The minimum absolute atomic E-state index is 0.0314. The molecule has 3 nitrogen and oxygen atoms in total. The van der Waals surface area contributed by atoms with E-state index in [2.05, 4.69) is 23.7 Å². The molecule has 0 spiro atoms. The fourth-order valence-corrected chi connectivity index (χ4v) is 2.06. The molecule has 2 rings (SSSR count). The van der Waals surface area contributed by atoms with Crippen LogP contribution in [-0.4, -0.2) is 23.2 Å². The molecule has 0 saturated heterocycles. The number of pyridine rings is 1. The molecule has 0 saturated carbocycles. The Morgan fingerprint density at radius 2 is 1.88 bits per heavy atom. The SMILES string of the molecule is CCN(CC)c1nc2ccccc2cc1CO. The van der Waals surface area contributed by atoms with Crippen molar-refractivity contribution in [1.82, 2.24) is 4.98 Å². The lowest BCUT2D eigenvalue weighted by molar-refractivity contribution is 0.282. The molecule has 0 aliphatic carbocycles. The maximum Gasteiger partial charge on any atom is 0.134 e. The monoisotopic (exact) mass is 230 g/mol. The molecule has 1 N–H and O–H groups in total. The summed E-state index contributed by atoms with van der Waals surface area (Å²) in [6.45, 7) is 6.02. The van der Waals surface area contributed by atoms with Gasteiger partial charge in [-0.1, -0.05) is 18.2 Å². The summed E-state index contributed by atoms with van der Waals surface area (Å²) in [6.07, 6.45) is 0. The van der Waals surface area contributed by atoms with Crippen molar-refractivity contribution >= 4 is 16.7 Å². The maximum atomic E-state index is 9.45. The standard InChI is InChI=1S/C14H18N2O/c1-3-16(4-2)14-12(10-17)9-11-7-5-6-8-13(11)15-14/h5-9,17H,3-4,10H2,1-2H3. The summed E-state index contributed by atoms with van der Waals surface area (Å²) >= 11 is 0. The van der Waals surface area contributed by atoms with Crippen molar-refractivity contribution in [2.24, 2.45) is 0 Å². The highest BCUT2D eigenvalue weighted by molar-refractivity contribution is 5.81. The van der Waals surface area contributed by atoms with E-state index in [9.17, 15) is 5.11 Å². The van der Waals surface area contributed by atoms with Gasteiger partial charge in [0, 0.05) is 24.0 Å². The van der Waals surface area contributed by atoms with E-state index >= 15 is 0 Å². The average Bonchev–Trinajstić information content (AvgIpc) is 2.39. The lowest BCUT2D eigenvalue weighted by atomic mass is 10.1. The van der Waals surface area contributed by atoms with Crippen LogP contribution in [0, 0.1) is 0 Å². The van der Waals surface area contributed by atoms with Crippen LogP contribution in [0.15, 0.2) is 30.3 Å². The summed E-state index contributed by atoms with van der Waals surface area (Å²) in [5.74, 6) is 0.899. The number of rotatable bonds is 4. The van der Waals surface area contributed by atoms with Crippen molar-refractivity contribution < 1.29 is 5.11 Å². The second kappa shape index (κ2) is 5.15. The van der Waals surface area contributed by atoms with E-state index in [1.807, 2.05) is 30.3 Å². The molecule has 0 bridgehead atoms. The number of aromatic nitrogens is 1. The molecule has 17 heavy (non-hydrogen) atoms. The summed E-state index contributed by atoms with van der Waals surface area (Å²) in [4.78, 5) is 6.82. The molecule has 0 amide bonds. The van der Waals surface area contributed by atoms with Crippen LogP contribution < -0.4 is 4.90 Å². The fourth-order valence-electron chi connectivity index (χ4n) is 2.06. The number of anilines is 1. The van der Waals surface area contributed by atoms with E-state index < -0.39 is 0 Å². The Bertz CT molecular complexity index is 507. The van der Waals surface area contributed by atoms with Gasteiger partial charge in [-0.15, -0.1) is 0 Å². The number of hydrogen-bond donors (Lipinski definition) is 1. The molecule has 0 aliphatic rings. The van der Waals surface area contributed by atoms with Crippen LogP contribution in [0.4, 0.5) is 5.82 Å². The molecule has 1 aromatic heterocycles. The molecule has 0 aliphatic heterocycles. The zero-order valence-electron chi connectivity index (χ0n) is 10.3. The van der Waals surface area contributed by atoms with Crippen molar-refractivity contribution in [3.05, 3.63) is 35.9 Å². The highest BCUT2D eigenvalue weighted by Gasteiger charge is 2.10. The minimum atomic E-state index is 0.0314. The zero-order chi connectivity index (χ0) is 12.3. The summed E-state index contributed by atoms with van der Waals surface area (Å²) in [7, 11) is 0. The molecule has 0 radical (unpaired) electrons. The van der Waals surface area contributed by atoms with Crippen LogP contribution in [-0.2, 0) is 6.61 Å². The third-order valence-electron chi connectivity index (χ3n) is 3.01. The van der Waals surface area contributed by atoms with Gasteiger partial charge in [0.15, 0.2) is 0 Å². The van der Waals surface area contributed by atoms with Gasteiger partial charge in [0.05, 0.1) is 12.1 Å². The third-order valence-corrected chi connectivity index (χ3v) is 3.01. The lowest BCUT2D eigenvalue weighted by Gasteiger charge is -2.22. The lowest BCUT2D eigenvalue weighted by Crippen LogP contribution is -2.24. The van der Waals surface area contributed by atoms with Crippen LogP contribution in [0.3, 0.4) is 0 Å². The van der Waals surface area contributed by atoms with Crippen molar-refractivity contribution in [2.75, 3.05) is 18.0 Å². The summed E-state index contributed by atoms with van der Waals surface area (Å²) in [5, 5.41) is 10.5. The van der Waals surface area contributed by atoms with E-state index in [1.54, 1.807) is 0 Å². The second-order valence-corrected chi connectivity index (χ2v) is 3.99. The van der Waals surface area contributed by atoms with Gasteiger partial charge in [0.2, 0.25) is 0 Å². The van der Waals surface area contributed by atoms with Gasteiger partial charge in [-0.2, -0.15) is 0 Å². The van der Waals surface area contributed by atoms with Crippen LogP contribution in [0.2, 0.25) is 0 Å². The Kier molecular flexibility index (Phi) is 3.59. The van der Waals surface area contributed by atoms with Crippen LogP contribution in [0.5, 0.6) is 0 Å². The van der Waals surface area contributed by atoms with Crippen molar-refractivity contribution in [1.29, 1.82) is 0 Å². The van der Waals surface area contributed by atoms with Gasteiger partial charge in [-0.05, 0) is 26.0 Å². The van der Waals surface area contributed by atoms with E-state index in [1.165, 1.54) is 0 Å². The summed E-state index contributed by atoms with van der Waals surface area (Å²) in [5.41, 5.74) is 1.87. The molecule has 0 fully saturated rings. The Labute approximate surface area is 102 Å². The molecule has 1 heterocycles. The molecular formula is C14H18N2O. The first-order chi connectivity index (χ1) is 8.30. The number of benzene rings is 1. The number of aliphatic hydroxyl groups is 1. The first kappa shape index (κ1) is 11.9. The van der Waals surface area contributed by atoms with Gasteiger partial charge in [-0.25, -0.2) is 4.98 Å². The van der Waals surface area contributed by atoms with Crippen molar-refractivity contribution in [3.8, 4) is 0 Å². The molecule has 0 unspecified atom stereocenters. The Balaban J connectivity index is 2.60. The van der Waals surface area contributed by atoms with Gasteiger partial charge in [-0.3, -0.25) is 0 Å². The van der Waals surface area contributed by atoms with E-state index in [-0.39, 0.29) is 6.61 Å². The number of fused-ring (bicyclic) bond motifs is 1. The third kappa shape index (κ3) is 2.24. The predicted molar refractivity (Wildman–Crippen MR) is 71.2 cm³/mol. The number of para-hydroxylation sites is 1. The number of nitrogens with zero attached hydrogens (tertiary/aromatic N) is 2. The molecule has 3 heteroatoms. The molecule has 1 aromatic carbocycles.